The van der Waals surface area contributed by atoms with Crippen molar-refractivity contribution in [3.8, 4) is 16.8 Å². The Morgan fingerprint density at radius 3 is 2.68 bits per heavy atom. The van der Waals surface area contributed by atoms with Gasteiger partial charge in [0.15, 0.2) is 0 Å². The quantitative estimate of drug-likeness (QED) is 0.517. The van der Waals surface area contributed by atoms with E-state index in [1.807, 2.05) is 60.8 Å². The number of benzene rings is 2. The number of pyridine rings is 1. The summed E-state index contributed by atoms with van der Waals surface area (Å²) < 4.78 is 1.80. The third kappa shape index (κ3) is 2.17. The molecule has 2 aromatic carbocycles. The van der Waals surface area contributed by atoms with Crippen molar-refractivity contribution in [1.82, 2.24) is 19.7 Å². The van der Waals surface area contributed by atoms with Crippen molar-refractivity contribution < 1.29 is 0 Å². The van der Waals surface area contributed by atoms with E-state index in [1.165, 1.54) is 0 Å². The van der Waals surface area contributed by atoms with Gasteiger partial charge in [0.25, 0.3) is 0 Å². The predicted octanol–water partition coefficient (Wildman–Crippen LogP) is 3.86. The normalized spacial score (nSPS) is 11.4. The molecule has 0 bridgehead atoms. The molecule has 5 heteroatoms. The lowest BCUT2D eigenvalue weighted by atomic mass is 10.0. The van der Waals surface area contributed by atoms with Gasteiger partial charge in [0.2, 0.25) is 5.56 Å². The first-order valence-electron chi connectivity index (χ1n) is 8.04. The number of fused-ring (bicyclic) bond motifs is 3. The van der Waals surface area contributed by atoms with E-state index in [4.69, 9.17) is 0 Å². The standard InChI is InChI=1S/C20H14N4O/c25-18-12-16(13-5-3-6-14(11-13)24-10-4-9-21-24)20-19(23-18)15-7-1-2-8-17(15)22-20/h1-12,22H,(H,23,25). The van der Waals surface area contributed by atoms with Crippen LogP contribution in [0.3, 0.4) is 0 Å². The van der Waals surface area contributed by atoms with E-state index in [9.17, 15) is 4.79 Å². The van der Waals surface area contributed by atoms with Crippen LogP contribution in [0.5, 0.6) is 0 Å². The van der Waals surface area contributed by atoms with Crippen molar-refractivity contribution in [2.24, 2.45) is 0 Å². The lowest BCUT2D eigenvalue weighted by Gasteiger charge is -2.07. The van der Waals surface area contributed by atoms with E-state index in [2.05, 4.69) is 15.1 Å². The maximum absolute atomic E-state index is 12.2. The second-order valence-electron chi connectivity index (χ2n) is 5.97. The molecule has 0 unspecified atom stereocenters. The van der Waals surface area contributed by atoms with Gasteiger partial charge >= 0.3 is 0 Å². The van der Waals surface area contributed by atoms with Crippen LogP contribution >= 0.6 is 0 Å². The average Bonchev–Trinajstić information content (AvgIpc) is 3.29. The second-order valence-corrected chi connectivity index (χ2v) is 5.97. The Balaban J connectivity index is 1.81. The zero-order valence-electron chi connectivity index (χ0n) is 13.2. The second kappa shape index (κ2) is 5.21. The Bertz CT molecular complexity index is 1260. The van der Waals surface area contributed by atoms with Crippen LogP contribution < -0.4 is 5.56 Å². The highest BCUT2D eigenvalue weighted by Gasteiger charge is 2.12. The van der Waals surface area contributed by atoms with Gasteiger partial charge in [-0.3, -0.25) is 4.79 Å². The van der Waals surface area contributed by atoms with Gasteiger partial charge in [-0.1, -0.05) is 30.3 Å². The Morgan fingerprint density at radius 1 is 0.880 bits per heavy atom. The molecule has 0 atom stereocenters. The smallest absolute Gasteiger partial charge is 0.249 e. The number of rotatable bonds is 2. The van der Waals surface area contributed by atoms with Crippen molar-refractivity contribution >= 4 is 21.9 Å². The van der Waals surface area contributed by atoms with Crippen LogP contribution in [-0.4, -0.2) is 19.7 Å². The molecule has 25 heavy (non-hydrogen) atoms. The van der Waals surface area contributed by atoms with E-state index in [0.29, 0.717) is 0 Å². The fourth-order valence-electron chi connectivity index (χ4n) is 3.30. The molecule has 120 valence electrons. The van der Waals surface area contributed by atoms with Crippen LogP contribution in [0.4, 0.5) is 0 Å². The summed E-state index contributed by atoms with van der Waals surface area (Å²) in [7, 11) is 0. The third-order valence-electron chi connectivity index (χ3n) is 4.43. The van der Waals surface area contributed by atoms with Gasteiger partial charge in [0, 0.05) is 34.9 Å². The van der Waals surface area contributed by atoms with E-state index in [-0.39, 0.29) is 5.56 Å². The SMILES string of the molecule is O=c1cc(-c2cccc(-n3cccn3)c2)c2[nH]c3ccccc3c2[nH]1. The van der Waals surface area contributed by atoms with E-state index >= 15 is 0 Å². The summed E-state index contributed by atoms with van der Waals surface area (Å²) in [6.07, 6.45) is 3.64. The molecule has 0 saturated carbocycles. The molecule has 0 amide bonds. The average molecular weight is 326 g/mol. The maximum Gasteiger partial charge on any atom is 0.249 e. The van der Waals surface area contributed by atoms with Crippen LogP contribution in [-0.2, 0) is 0 Å². The number of aromatic nitrogens is 4. The third-order valence-corrected chi connectivity index (χ3v) is 4.43. The molecule has 5 rings (SSSR count). The fraction of sp³-hybridized carbons (Fsp3) is 0. The Hall–Kier alpha value is -3.60. The van der Waals surface area contributed by atoms with E-state index in [0.717, 1.165) is 38.8 Å². The first-order valence-corrected chi connectivity index (χ1v) is 8.04. The summed E-state index contributed by atoms with van der Waals surface area (Å²) in [6.45, 7) is 0. The minimum atomic E-state index is -0.114. The molecule has 3 heterocycles. The zero-order chi connectivity index (χ0) is 16.8. The van der Waals surface area contributed by atoms with E-state index < -0.39 is 0 Å². The highest BCUT2D eigenvalue weighted by molar-refractivity contribution is 6.09. The van der Waals surface area contributed by atoms with Gasteiger partial charge in [-0.2, -0.15) is 5.10 Å². The largest absolute Gasteiger partial charge is 0.353 e. The van der Waals surface area contributed by atoms with Crippen LogP contribution in [0.2, 0.25) is 0 Å². The van der Waals surface area contributed by atoms with Crippen LogP contribution in [0, 0.1) is 0 Å². The Labute approximate surface area is 142 Å². The molecule has 0 aliphatic carbocycles. The van der Waals surface area contributed by atoms with Crippen molar-refractivity contribution in [2.45, 2.75) is 0 Å². The van der Waals surface area contributed by atoms with Crippen molar-refractivity contribution in [2.75, 3.05) is 0 Å². The molecular formula is C20H14N4O. The predicted molar refractivity (Wildman–Crippen MR) is 99.0 cm³/mol. The minimum Gasteiger partial charge on any atom is -0.353 e. The maximum atomic E-state index is 12.2. The topological polar surface area (TPSA) is 66.5 Å². The number of nitrogens with zero attached hydrogens (tertiary/aromatic N) is 2. The van der Waals surface area contributed by atoms with Crippen molar-refractivity contribution in [3.05, 3.63) is 83.4 Å². The molecule has 0 spiro atoms. The van der Waals surface area contributed by atoms with Gasteiger partial charge < -0.3 is 9.97 Å². The van der Waals surface area contributed by atoms with Gasteiger partial charge in [0.1, 0.15) is 0 Å². The summed E-state index contributed by atoms with van der Waals surface area (Å²) in [4.78, 5) is 18.6. The number of hydrogen-bond acceptors (Lipinski definition) is 2. The molecule has 0 aliphatic rings. The summed E-state index contributed by atoms with van der Waals surface area (Å²) in [5.74, 6) is 0. The number of nitrogens with one attached hydrogen (secondary N) is 2. The molecule has 5 aromatic rings. The lowest BCUT2D eigenvalue weighted by Crippen LogP contribution is -2.04. The molecule has 5 nitrogen and oxygen atoms in total. The Kier molecular flexibility index (Phi) is 2.87. The van der Waals surface area contributed by atoms with Crippen LogP contribution in [0.1, 0.15) is 0 Å². The molecule has 3 aromatic heterocycles. The molecule has 0 aliphatic heterocycles. The fourth-order valence-corrected chi connectivity index (χ4v) is 3.30. The number of para-hydroxylation sites is 1. The molecule has 2 N–H and O–H groups in total. The number of H-pyrrole nitrogens is 2. The number of hydrogen-bond donors (Lipinski definition) is 2. The summed E-state index contributed by atoms with van der Waals surface area (Å²) >= 11 is 0. The summed E-state index contributed by atoms with van der Waals surface area (Å²) in [5.41, 5.74) is 5.45. The molecule has 0 radical (unpaired) electrons. The first-order chi connectivity index (χ1) is 12.3. The first kappa shape index (κ1) is 13.8. The minimum absolute atomic E-state index is 0.114. The van der Waals surface area contributed by atoms with Crippen LogP contribution in [0.15, 0.2) is 77.9 Å². The monoisotopic (exact) mass is 326 g/mol. The number of aromatic amines is 2. The zero-order valence-corrected chi connectivity index (χ0v) is 13.2. The lowest BCUT2D eigenvalue weighted by molar-refractivity contribution is 0.881. The van der Waals surface area contributed by atoms with Gasteiger partial charge in [-0.25, -0.2) is 4.68 Å². The summed E-state index contributed by atoms with van der Waals surface area (Å²) in [6, 6.07) is 19.5. The van der Waals surface area contributed by atoms with Crippen molar-refractivity contribution in [3.63, 3.8) is 0 Å². The molecule has 0 saturated heterocycles. The van der Waals surface area contributed by atoms with Crippen molar-refractivity contribution in [1.29, 1.82) is 0 Å². The van der Waals surface area contributed by atoms with Crippen LogP contribution in [0.25, 0.3) is 38.8 Å². The van der Waals surface area contributed by atoms with Gasteiger partial charge in [-0.05, 0) is 29.8 Å². The van der Waals surface area contributed by atoms with E-state index in [1.54, 1.807) is 16.9 Å². The van der Waals surface area contributed by atoms with Gasteiger partial charge in [-0.15, -0.1) is 0 Å². The highest BCUT2D eigenvalue weighted by atomic mass is 16.1. The molecule has 0 fully saturated rings. The summed E-state index contributed by atoms with van der Waals surface area (Å²) in [5, 5.41) is 5.29. The highest BCUT2D eigenvalue weighted by Crippen LogP contribution is 2.31. The Morgan fingerprint density at radius 2 is 1.80 bits per heavy atom. The van der Waals surface area contributed by atoms with Gasteiger partial charge in [0.05, 0.1) is 16.7 Å². The molecular weight excluding hydrogens is 312 g/mol.